The lowest BCUT2D eigenvalue weighted by Crippen LogP contribution is -1.93. The molecule has 0 unspecified atom stereocenters. The Morgan fingerprint density at radius 1 is 1.21 bits per heavy atom. The van der Waals surface area contributed by atoms with Gasteiger partial charge in [-0.3, -0.25) is 10.1 Å². The van der Waals surface area contributed by atoms with Crippen LogP contribution >= 0.6 is 35.0 Å². The van der Waals surface area contributed by atoms with E-state index in [1.807, 2.05) is 0 Å². The highest BCUT2D eigenvalue weighted by Gasteiger charge is 2.18. The molecule has 2 rings (SSSR count). The summed E-state index contributed by atoms with van der Waals surface area (Å²) in [5.74, 6) is 0. The van der Waals surface area contributed by atoms with Crippen molar-refractivity contribution in [1.29, 1.82) is 0 Å². The number of nitrogen functional groups attached to an aromatic ring is 1. The van der Waals surface area contributed by atoms with Gasteiger partial charge in [0.15, 0.2) is 0 Å². The van der Waals surface area contributed by atoms with E-state index in [2.05, 4.69) is 0 Å². The Labute approximate surface area is 123 Å². The van der Waals surface area contributed by atoms with Gasteiger partial charge in [0.1, 0.15) is 4.90 Å². The van der Waals surface area contributed by atoms with Gasteiger partial charge in [-0.15, -0.1) is 0 Å². The molecule has 0 aliphatic carbocycles. The molecule has 2 aromatic rings. The second kappa shape index (κ2) is 5.69. The number of nitro groups is 1. The van der Waals surface area contributed by atoms with Crippen molar-refractivity contribution in [2.24, 2.45) is 0 Å². The predicted octanol–water partition coefficient (Wildman–Crippen LogP) is 4.64. The Morgan fingerprint density at radius 2 is 1.95 bits per heavy atom. The van der Waals surface area contributed by atoms with Crippen LogP contribution in [0.4, 0.5) is 11.4 Å². The lowest BCUT2D eigenvalue weighted by molar-refractivity contribution is -0.387. The maximum Gasteiger partial charge on any atom is 0.284 e. The lowest BCUT2D eigenvalue weighted by atomic mass is 10.3. The van der Waals surface area contributed by atoms with Crippen LogP contribution in [-0.2, 0) is 0 Å². The number of benzene rings is 2. The van der Waals surface area contributed by atoms with Crippen molar-refractivity contribution in [2.45, 2.75) is 9.79 Å². The zero-order valence-electron chi connectivity index (χ0n) is 9.47. The summed E-state index contributed by atoms with van der Waals surface area (Å²) in [7, 11) is 0. The van der Waals surface area contributed by atoms with Gasteiger partial charge in [-0.05, 0) is 24.3 Å². The molecule has 2 aromatic carbocycles. The van der Waals surface area contributed by atoms with E-state index in [1.54, 1.807) is 24.3 Å². The van der Waals surface area contributed by atoms with Gasteiger partial charge >= 0.3 is 0 Å². The number of halogens is 2. The number of nitro benzene ring substituents is 1. The predicted molar refractivity (Wildman–Crippen MR) is 78.1 cm³/mol. The average Bonchev–Trinajstić information content (AvgIpc) is 2.35. The minimum atomic E-state index is -0.477. The molecule has 4 nitrogen and oxygen atoms in total. The van der Waals surface area contributed by atoms with Crippen LogP contribution in [0.3, 0.4) is 0 Å². The third-order valence-corrected chi connectivity index (χ3v) is 4.20. The molecule has 0 aromatic heterocycles. The van der Waals surface area contributed by atoms with E-state index < -0.39 is 4.92 Å². The Hall–Kier alpha value is -1.43. The van der Waals surface area contributed by atoms with Crippen LogP contribution in [0, 0.1) is 10.1 Å². The van der Waals surface area contributed by atoms with E-state index in [9.17, 15) is 10.1 Å². The molecule has 0 saturated heterocycles. The molecule has 0 aliphatic heterocycles. The standard InChI is InChI=1S/C12H8Cl2N2O2S/c13-7-4-5-9(15)11(6-7)19-12-8(14)2-1-3-10(12)16(17)18/h1-6H,15H2. The van der Waals surface area contributed by atoms with Crippen LogP contribution in [0.5, 0.6) is 0 Å². The fourth-order valence-corrected chi connectivity index (χ4v) is 2.98. The van der Waals surface area contributed by atoms with E-state index in [4.69, 9.17) is 28.9 Å². The minimum Gasteiger partial charge on any atom is -0.398 e. The quantitative estimate of drug-likeness (QED) is 0.509. The monoisotopic (exact) mass is 314 g/mol. The van der Waals surface area contributed by atoms with Crippen molar-refractivity contribution in [2.75, 3.05) is 5.73 Å². The van der Waals surface area contributed by atoms with E-state index in [1.165, 1.54) is 12.1 Å². The summed E-state index contributed by atoms with van der Waals surface area (Å²) in [4.78, 5) is 11.5. The molecule has 0 amide bonds. The van der Waals surface area contributed by atoms with E-state index in [0.29, 0.717) is 25.5 Å². The summed E-state index contributed by atoms with van der Waals surface area (Å²) in [6.07, 6.45) is 0. The molecule has 0 bridgehead atoms. The second-order valence-electron chi connectivity index (χ2n) is 3.63. The number of nitrogens with zero attached hydrogens (tertiary/aromatic N) is 1. The van der Waals surface area contributed by atoms with Gasteiger partial charge in [-0.1, -0.05) is 41.0 Å². The van der Waals surface area contributed by atoms with Crippen molar-refractivity contribution >= 4 is 46.3 Å². The highest BCUT2D eigenvalue weighted by atomic mass is 35.5. The van der Waals surface area contributed by atoms with Crippen molar-refractivity contribution in [3.63, 3.8) is 0 Å². The van der Waals surface area contributed by atoms with Gasteiger partial charge in [0.05, 0.1) is 9.95 Å². The molecule has 0 saturated carbocycles. The first-order chi connectivity index (χ1) is 8.99. The van der Waals surface area contributed by atoms with Gasteiger partial charge in [-0.2, -0.15) is 0 Å². The van der Waals surface area contributed by atoms with Gasteiger partial charge in [0.2, 0.25) is 0 Å². The van der Waals surface area contributed by atoms with E-state index >= 15 is 0 Å². The average molecular weight is 315 g/mol. The number of nitrogens with two attached hydrogens (primary N) is 1. The molecule has 0 heterocycles. The SMILES string of the molecule is Nc1ccc(Cl)cc1Sc1c(Cl)cccc1[N+](=O)[O-]. The maximum absolute atomic E-state index is 11.0. The molecule has 0 atom stereocenters. The van der Waals surface area contributed by atoms with Crippen LogP contribution in [0.1, 0.15) is 0 Å². The first-order valence-corrected chi connectivity index (χ1v) is 6.72. The highest BCUT2D eigenvalue weighted by molar-refractivity contribution is 7.99. The van der Waals surface area contributed by atoms with Gasteiger partial charge in [0, 0.05) is 21.7 Å². The molecule has 0 spiro atoms. The summed E-state index contributed by atoms with van der Waals surface area (Å²) in [6, 6.07) is 9.47. The normalized spacial score (nSPS) is 10.4. The zero-order chi connectivity index (χ0) is 14.0. The van der Waals surface area contributed by atoms with Gasteiger partial charge in [0.25, 0.3) is 5.69 Å². The number of hydrogen-bond acceptors (Lipinski definition) is 4. The summed E-state index contributed by atoms with van der Waals surface area (Å²) < 4.78 is 0. The van der Waals surface area contributed by atoms with E-state index in [-0.39, 0.29) is 5.69 Å². The van der Waals surface area contributed by atoms with Crippen molar-refractivity contribution in [3.05, 3.63) is 56.6 Å². The highest BCUT2D eigenvalue weighted by Crippen LogP contribution is 2.42. The third kappa shape index (κ3) is 3.12. The zero-order valence-corrected chi connectivity index (χ0v) is 11.8. The largest absolute Gasteiger partial charge is 0.398 e. The number of hydrogen-bond donors (Lipinski definition) is 1. The molecular weight excluding hydrogens is 307 g/mol. The number of rotatable bonds is 3. The van der Waals surface area contributed by atoms with Gasteiger partial charge in [-0.25, -0.2) is 0 Å². The first kappa shape index (κ1) is 14.0. The molecule has 19 heavy (non-hydrogen) atoms. The second-order valence-corrected chi connectivity index (χ2v) is 5.53. The van der Waals surface area contributed by atoms with Crippen LogP contribution in [0.15, 0.2) is 46.2 Å². The maximum atomic E-state index is 11.0. The summed E-state index contributed by atoms with van der Waals surface area (Å²) in [5.41, 5.74) is 6.25. The van der Waals surface area contributed by atoms with Crippen molar-refractivity contribution in [1.82, 2.24) is 0 Å². The molecule has 2 N–H and O–H groups in total. The molecule has 0 aliphatic rings. The van der Waals surface area contributed by atoms with Gasteiger partial charge < -0.3 is 5.73 Å². The lowest BCUT2D eigenvalue weighted by Gasteiger charge is -2.08. The molecule has 0 radical (unpaired) electrons. The Morgan fingerprint density at radius 3 is 2.63 bits per heavy atom. The third-order valence-electron chi connectivity index (χ3n) is 2.33. The van der Waals surface area contributed by atoms with Crippen LogP contribution < -0.4 is 5.73 Å². The molecule has 0 fully saturated rings. The number of anilines is 1. The fourth-order valence-electron chi connectivity index (χ4n) is 1.45. The Bertz CT molecular complexity index is 650. The van der Waals surface area contributed by atoms with Crippen molar-refractivity contribution < 1.29 is 4.92 Å². The molecule has 98 valence electrons. The Balaban J connectivity index is 2.49. The summed E-state index contributed by atoms with van der Waals surface area (Å²) >= 11 is 13.0. The van der Waals surface area contributed by atoms with Crippen molar-refractivity contribution in [3.8, 4) is 0 Å². The van der Waals surface area contributed by atoms with Crippen LogP contribution in [0.2, 0.25) is 10.0 Å². The topological polar surface area (TPSA) is 69.2 Å². The summed E-state index contributed by atoms with van der Waals surface area (Å²) in [6.45, 7) is 0. The molecular formula is C12H8Cl2N2O2S. The Kier molecular flexibility index (Phi) is 4.19. The smallest absolute Gasteiger partial charge is 0.284 e. The first-order valence-electron chi connectivity index (χ1n) is 5.15. The molecule has 7 heteroatoms. The fraction of sp³-hybridized carbons (Fsp3) is 0. The van der Waals surface area contributed by atoms with E-state index in [0.717, 1.165) is 11.8 Å². The van der Waals surface area contributed by atoms with Crippen LogP contribution in [-0.4, -0.2) is 4.92 Å². The summed E-state index contributed by atoms with van der Waals surface area (Å²) in [5, 5.41) is 11.8. The minimum absolute atomic E-state index is 0.0584. The van der Waals surface area contributed by atoms with Crippen LogP contribution in [0.25, 0.3) is 0 Å².